The van der Waals surface area contributed by atoms with E-state index < -0.39 is 12.6 Å². The van der Waals surface area contributed by atoms with Crippen LogP contribution >= 0.6 is 0 Å². The smallest absolute Gasteiger partial charge is 0.381 e. The number of hydrogen-bond donors (Lipinski definition) is 0. The van der Waals surface area contributed by atoms with Crippen LogP contribution in [0.1, 0.15) is 39.0 Å². The van der Waals surface area contributed by atoms with E-state index in [0.29, 0.717) is 12.0 Å². The van der Waals surface area contributed by atoms with Crippen molar-refractivity contribution in [1.29, 1.82) is 0 Å². The van der Waals surface area contributed by atoms with Crippen LogP contribution in [-0.4, -0.2) is 32.6 Å². The van der Waals surface area contributed by atoms with Crippen LogP contribution in [0.2, 0.25) is 0 Å². The molecule has 0 bridgehead atoms. The van der Waals surface area contributed by atoms with Gasteiger partial charge in [0, 0.05) is 25.0 Å². The second-order valence-electron chi connectivity index (χ2n) is 4.78. The molecule has 0 aromatic carbocycles. The lowest BCUT2D eigenvalue weighted by Crippen LogP contribution is -2.42. The molecule has 102 valence electrons. The molecule has 0 spiro atoms. The lowest BCUT2D eigenvalue weighted by molar-refractivity contribution is -0.138. The Balaban J connectivity index is 1.91. The van der Waals surface area contributed by atoms with Crippen molar-refractivity contribution in [3.05, 3.63) is 0 Å². The van der Waals surface area contributed by atoms with E-state index in [2.05, 4.69) is 6.92 Å². The molecular weight excluding hydrogens is 233 g/mol. The summed E-state index contributed by atoms with van der Waals surface area (Å²) in [6.07, 6.45) is -1.70. The van der Waals surface area contributed by atoms with E-state index in [-0.39, 0.29) is 13.0 Å². The minimum atomic E-state index is -4.06. The lowest BCUT2D eigenvalue weighted by atomic mass is 9.79. The van der Waals surface area contributed by atoms with Gasteiger partial charge in [-0.2, -0.15) is 13.2 Å². The number of alkyl halides is 3. The average molecular weight is 254 g/mol. The maximum Gasteiger partial charge on any atom is 0.389 e. The molecule has 1 heterocycles. The first-order valence-electron chi connectivity index (χ1n) is 6.20. The van der Waals surface area contributed by atoms with Gasteiger partial charge in [0.15, 0.2) is 0 Å². The van der Waals surface area contributed by atoms with Gasteiger partial charge in [-0.15, -0.1) is 0 Å². The maximum absolute atomic E-state index is 11.8. The van der Waals surface area contributed by atoms with Crippen molar-refractivity contribution in [1.82, 2.24) is 0 Å². The SMILES string of the molecule is CCC1(CCCOCCCC(F)(F)F)COC1. The Morgan fingerprint density at radius 2 is 1.82 bits per heavy atom. The van der Waals surface area contributed by atoms with Gasteiger partial charge < -0.3 is 9.47 Å². The van der Waals surface area contributed by atoms with Crippen LogP contribution in [0.25, 0.3) is 0 Å². The molecule has 0 aromatic rings. The quantitative estimate of drug-likeness (QED) is 0.617. The zero-order valence-corrected chi connectivity index (χ0v) is 10.3. The molecule has 0 atom stereocenters. The van der Waals surface area contributed by atoms with Crippen LogP contribution in [0, 0.1) is 5.41 Å². The largest absolute Gasteiger partial charge is 0.389 e. The van der Waals surface area contributed by atoms with Crippen LogP contribution in [0.5, 0.6) is 0 Å². The van der Waals surface area contributed by atoms with Crippen LogP contribution in [0.15, 0.2) is 0 Å². The normalized spacial score (nSPS) is 19.1. The first-order valence-corrected chi connectivity index (χ1v) is 6.20. The van der Waals surface area contributed by atoms with Gasteiger partial charge in [0.1, 0.15) is 0 Å². The zero-order valence-electron chi connectivity index (χ0n) is 10.3. The Hall–Kier alpha value is -0.290. The highest BCUT2D eigenvalue weighted by molar-refractivity contribution is 4.83. The Bertz CT molecular complexity index is 207. The third kappa shape index (κ3) is 5.73. The fourth-order valence-corrected chi connectivity index (χ4v) is 1.94. The van der Waals surface area contributed by atoms with E-state index in [0.717, 1.165) is 32.5 Å². The maximum atomic E-state index is 11.8. The molecule has 0 aliphatic carbocycles. The van der Waals surface area contributed by atoms with Crippen LogP contribution < -0.4 is 0 Å². The summed E-state index contributed by atoms with van der Waals surface area (Å²) in [5, 5.41) is 0. The molecule has 0 radical (unpaired) electrons. The summed E-state index contributed by atoms with van der Waals surface area (Å²) in [5.74, 6) is 0. The van der Waals surface area contributed by atoms with Crippen molar-refractivity contribution in [3.8, 4) is 0 Å². The summed E-state index contributed by atoms with van der Waals surface area (Å²) in [6, 6.07) is 0. The monoisotopic (exact) mass is 254 g/mol. The van der Waals surface area contributed by atoms with Crippen molar-refractivity contribution in [3.63, 3.8) is 0 Å². The standard InChI is InChI=1S/C12H21F3O2/c1-2-11(9-17-10-11)5-3-7-16-8-4-6-12(13,14)15/h2-10H2,1H3. The van der Waals surface area contributed by atoms with Crippen molar-refractivity contribution >= 4 is 0 Å². The first kappa shape index (κ1) is 14.8. The Morgan fingerprint density at radius 1 is 1.18 bits per heavy atom. The predicted molar refractivity (Wildman–Crippen MR) is 58.9 cm³/mol. The molecule has 17 heavy (non-hydrogen) atoms. The molecule has 1 rings (SSSR count). The van der Waals surface area contributed by atoms with Crippen molar-refractivity contribution < 1.29 is 22.6 Å². The number of rotatable bonds is 8. The van der Waals surface area contributed by atoms with Crippen LogP contribution in [0.4, 0.5) is 13.2 Å². The molecule has 0 amide bonds. The lowest BCUT2D eigenvalue weighted by Gasteiger charge is -2.41. The Morgan fingerprint density at radius 3 is 2.29 bits per heavy atom. The van der Waals surface area contributed by atoms with E-state index in [1.165, 1.54) is 0 Å². The highest BCUT2D eigenvalue weighted by Crippen LogP contribution is 2.35. The summed E-state index contributed by atoms with van der Waals surface area (Å²) in [6.45, 7) is 4.54. The van der Waals surface area contributed by atoms with Gasteiger partial charge >= 0.3 is 6.18 Å². The van der Waals surface area contributed by atoms with Crippen molar-refractivity contribution in [2.24, 2.45) is 5.41 Å². The highest BCUT2D eigenvalue weighted by Gasteiger charge is 2.35. The molecule has 5 heteroatoms. The first-order chi connectivity index (χ1) is 7.97. The fraction of sp³-hybridized carbons (Fsp3) is 1.00. The Labute approximate surface area is 100 Å². The van der Waals surface area contributed by atoms with E-state index in [1.807, 2.05) is 0 Å². The van der Waals surface area contributed by atoms with E-state index >= 15 is 0 Å². The third-order valence-electron chi connectivity index (χ3n) is 3.31. The van der Waals surface area contributed by atoms with E-state index in [4.69, 9.17) is 9.47 Å². The number of halogens is 3. The second kappa shape index (κ2) is 6.59. The van der Waals surface area contributed by atoms with Gasteiger partial charge in [0.2, 0.25) is 0 Å². The highest BCUT2D eigenvalue weighted by atomic mass is 19.4. The molecule has 0 unspecified atom stereocenters. The average Bonchev–Trinajstić information content (AvgIpc) is 2.18. The molecule has 1 aliphatic rings. The van der Waals surface area contributed by atoms with E-state index in [9.17, 15) is 13.2 Å². The Kier molecular flexibility index (Phi) is 5.73. The minimum absolute atomic E-state index is 0.0610. The summed E-state index contributed by atoms with van der Waals surface area (Å²) < 4.78 is 45.8. The van der Waals surface area contributed by atoms with Crippen LogP contribution in [0.3, 0.4) is 0 Å². The van der Waals surface area contributed by atoms with Gasteiger partial charge in [-0.3, -0.25) is 0 Å². The van der Waals surface area contributed by atoms with Crippen molar-refractivity contribution in [2.75, 3.05) is 26.4 Å². The third-order valence-corrected chi connectivity index (χ3v) is 3.31. The van der Waals surface area contributed by atoms with Gasteiger partial charge in [-0.1, -0.05) is 6.92 Å². The predicted octanol–water partition coefficient (Wildman–Crippen LogP) is 3.55. The topological polar surface area (TPSA) is 18.5 Å². The summed E-state index contributed by atoms with van der Waals surface area (Å²) >= 11 is 0. The zero-order chi connectivity index (χ0) is 12.8. The molecule has 0 N–H and O–H groups in total. The van der Waals surface area contributed by atoms with Crippen LogP contribution in [-0.2, 0) is 9.47 Å². The van der Waals surface area contributed by atoms with Gasteiger partial charge in [-0.25, -0.2) is 0 Å². The van der Waals surface area contributed by atoms with E-state index in [1.54, 1.807) is 0 Å². The molecule has 0 saturated carbocycles. The summed E-state index contributed by atoms with van der Waals surface area (Å²) in [5.41, 5.74) is 0.315. The molecule has 1 fully saturated rings. The number of ether oxygens (including phenoxy) is 2. The van der Waals surface area contributed by atoms with Gasteiger partial charge in [0.05, 0.1) is 13.2 Å². The minimum Gasteiger partial charge on any atom is -0.381 e. The number of hydrogen-bond acceptors (Lipinski definition) is 2. The molecule has 0 aromatic heterocycles. The molecule has 1 saturated heterocycles. The second-order valence-corrected chi connectivity index (χ2v) is 4.78. The fourth-order valence-electron chi connectivity index (χ4n) is 1.94. The van der Waals surface area contributed by atoms with Gasteiger partial charge in [0.25, 0.3) is 0 Å². The van der Waals surface area contributed by atoms with Crippen molar-refractivity contribution in [2.45, 2.75) is 45.2 Å². The molecular formula is C12H21F3O2. The van der Waals surface area contributed by atoms with Gasteiger partial charge in [-0.05, 0) is 25.7 Å². The summed E-state index contributed by atoms with van der Waals surface area (Å²) in [4.78, 5) is 0. The summed E-state index contributed by atoms with van der Waals surface area (Å²) in [7, 11) is 0. The molecule has 2 nitrogen and oxygen atoms in total. The molecule has 1 aliphatic heterocycles.